The average molecular weight is 359 g/mol. The lowest BCUT2D eigenvalue weighted by molar-refractivity contribution is -0.119. The van der Waals surface area contributed by atoms with Crippen molar-refractivity contribution in [3.63, 3.8) is 0 Å². The Kier molecular flexibility index (Phi) is 5.40. The lowest BCUT2D eigenvalue weighted by Crippen LogP contribution is -2.46. The third kappa shape index (κ3) is 4.40. The second-order valence-corrected chi connectivity index (χ2v) is 7.14. The summed E-state index contributed by atoms with van der Waals surface area (Å²) in [4.78, 5) is 35.0. The third-order valence-electron chi connectivity index (χ3n) is 4.19. The molecule has 0 bridgehead atoms. The zero-order chi connectivity index (χ0) is 17.8. The van der Waals surface area contributed by atoms with Crippen molar-refractivity contribution in [2.24, 2.45) is 5.73 Å². The minimum absolute atomic E-state index is 0.0921. The van der Waals surface area contributed by atoms with Gasteiger partial charge in [-0.15, -0.1) is 11.3 Å². The normalized spacial score (nSPS) is 15.9. The van der Waals surface area contributed by atoms with Crippen LogP contribution < -0.4 is 11.1 Å². The molecule has 0 aliphatic carbocycles. The maximum absolute atomic E-state index is 12.6. The van der Waals surface area contributed by atoms with Crippen molar-refractivity contribution in [1.29, 1.82) is 0 Å². The first-order valence-corrected chi connectivity index (χ1v) is 9.05. The van der Waals surface area contributed by atoms with E-state index in [2.05, 4.69) is 15.3 Å². The van der Waals surface area contributed by atoms with Crippen LogP contribution in [0.1, 0.15) is 28.2 Å². The Morgan fingerprint density at radius 3 is 2.76 bits per heavy atom. The van der Waals surface area contributed by atoms with Crippen LogP contribution in [0.2, 0.25) is 0 Å². The molecule has 132 valence electrons. The fraction of sp³-hybridized carbons (Fsp3) is 0.412. The van der Waals surface area contributed by atoms with Crippen molar-refractivity contribution in [2.45, 2.75) is 25.8 Å². The largest absolute Gasteiger partial charge is 0.369 e. The van der Waals surface area contributed by atoms with Crippen LogP contribution in [0.3, 0.4) is 0 Å². The van der Waals surface area contributed by atoms with E-state index in [-0.39, 0.29) is 24.4 Å². The summed E-state index contributed by atoms with van der Waals surface area (Å²) in [5, 5.41) is 3.83. The first kappa shape index (κ1) is 17.5. The average Bonchev–Trinajstić information content (AvgIpc) is 2.99. The number of aromatic nitrogens is 2. The molecule has 3 N–H and O–H groups in total. The molecule has 1 saturated heterocycles. The fourth-order valence-electron chi connectivity index (χ4n) is 2.91. The Morgan fingerprint density at radius 2 is 2.12 bits per heavy atom. The van der Waals surface area contributed by atoms with Gasteiger partial charge >= 0.3 is 0 Å². The van der Waals surface area contributed by atoms with E-state index < -0.39 is 0 Å². The highest BCUT2D eigenvalue weighted by Gasteiger charge is 2.24. The molecule has 8 heteroatoms. The highest BCUT2D eigenvalue weighted by atomic mass is 32.1. The number of aryl methyl sites for hydroxylation is 1. The van der Waals surface area contributed by atoms with Gasteiger partial charge < -0.3 is 11.1 Å². The fourth-order valence-corrected chi connectivity index (χ4v) is 3.86. The summed E-state index contributed by atoms with van der Waals surface area (Å²) in [6.45, 7) is 3.64. The van der Waals surface area contributed by atoms with Gasteiger partial charge in [-0.2, -0.15) is 0 Å². The number of rotatable bonds is 5. The molecule has 2 aromatic heterocycles. The van der Waals surface area contributed by atoms with Crippen LogP contribution >= 0.6 is 11.3 Å². The number of carbonyl (C=O) groups excluding carboxylic acids is 2. The minimum Gasteiger partial charge on any atom is -0.369 e. The van der Waals surface area contributed by atoms with Crippen LogP contribution in [0.5, 0.6) is 0 Å². The van der Waals surface area contributed by atoms with Crippen molar-refractivity contribution in [3.05, 3.63) is 35.0 Å². The molecule has 2 amide bonds. The summed E-state index contributed by atoms with van der Waals surface area (Å²) < 4.78 is 0. The molecule has 0 aromatic carbocycles. The Balaban J connectivity index is 1.61. The van der Waals surface area contributed by atoms with Gasteiger partial charge in [0.15, 0.2) is 0 Å². The Labute approximate surface area is 150 Å². The minimum atomic E-state index is -0.315. The number of hydrogen-bond donors (Lipinski definition) is 2. The number of piperidine rings is 1. The van der Waals surface area contributed by atoms with E-state index in [9.17, 15) is 9.59 Å². The van der Waals surface area contributed by atoms with Crippen LogP contribution in [0.15, 0.2) is 24.4 Å². The lowest BCUT2D eigenvalue weighted by Gasteiger charge is -2.31. The number of primary amides is 1. The predicted molar refractivity (Wildman–Crippen MR) is 96.2 cm³/mol. The Bertz CT molecular complexity index is 754. The Hall–Kier alpha value is -2.32. The summed E-state index contributed by atoms with van der Waals surface area (Å²) in [5.41, 5.74) is 6.71. The van der Waals surface area contributed by atoms with Gasteiger partial charge in [0.25, 0.3) is 5.91 Å². The zero-order valence-electron chi connectivity index (χ0n) is 14.1. The highest BCUT2D eigenvalue weighted by molar-refractivity contribution is 7.17. The van der Waals surface area contributed by atoms with Crippen LogP contribution in [-0.4, -0.2) is 52.4 Å². The van der Waals surface area contributed by atoms with E-state index in [1.165, 1.54) is 11.3 Å². The van der Waals surface area contributed by atoms with Gasteiger partial charge in [-0.3, -0.25) is 19.5 Å². The van der Waals surface area contributed by atoms with Crippen molar-refractivity contribution >= 4 is 23.2 Å². The van der Waals surface area contributed by atoms with Gasteiger partial charge in [-0.05, 0) is 31.9 Å². The summed E-state index contributed by atoms with van der Waals surface area (Å²) >= 11 is 1.36. The number of likely N-dealkylation sites (tertiary alicyclic amines) is 1. The maximum Gasteiger partial charge on any atom is 0.263 e. The second-order valence-electron chi connectivity index (χ2n) is 6.14. The molecule has 1 aliphatic rings. The lowest BCUT2D eigenvalue weighted by atomic mass is 10.0. The topological polar surface area (TPSA) is 101 Å². The summed E-state index contributed by atoms with van der Waals surface area (Å²) in [5.74, 6) is -0.407. The molecule has 3 heterocycles. The van der Waals surface area contributed by atoms with Gasteiger partial charge in [-0.25, -0.2) is 4.98 Å². The smallest absolute Gasteiger partial charge is 0.263 e. The first-order valence-electron chi connectivity index (χ1n) is 8.23. The predicted octanol–water partition coefficient (Wildman–Crippen LogP) is 1.19. The van der Waals surface area contributed by atoms with E-state index in [0.717, 1.165) is 36.6 Å². The second kappa shape index (κ2) is 7.71. The number of pyridine rings is 1. The number of nitrogens with one attached hydrogen (secondary N) is 1. The van der Waals surface area contributed by atoms with Gasteiger partial charge in [0, 0.05) is 25.3 Å². The molecule has 0 radical (unpaired) electrons. The number of amides is 2. The molecular formula is C17H21N5O2S. The quantitative estimate of drug-likeness (QED) is 0.835. The van der Waals surface area contributed by atoms with Crippen LogP contribution in [0.4, 0.5) is 0 Å². The monoisotopic (exact) mass is 359 g/mol. The van der Waals surface area contributed by atoms with Crippen molar-refractivity contribution in [3.8, 4) is 10.7 Å². The van der Waals surface area contributed by atoms with E-state index in [4.69, 9.17) is 5.73 Å². The van der Waals surface area contributed by atoms with E-state index in [1.807, 2.05) is 30.0 Å². The molecule has 0 spiro atoms. The molecular weight excluding hydrogens is 338 g/mol. The molecule has 0 unspecified atom stereocenters. The number of thiazole rings is 1. The maximum atomic E-state index is 12.6. The summed E-state index contributed by atoms with van der Waals surface area (Å²) in [6.07, 6.45) is 3.33. The van der Waals surface area contributed by atoms with E-state index >= 15 is 0 Å². The van der Waals surface area contributed by atoms with Crippen molar-refractivity contribution in [1.82, 2.24) is 20.2 Å². The van der Waals surface area contributed by atoms with E-state index in [0.29, 0.717) is 10.6 Å². The highest BCUT2D eigenvalue weighted by Crippen LogP contribution is 2.26. The molecule has 2 aromatic rings. The molecule has 3 rings (SSSR count). The number of hydrogen-bond acceptors (Lipinski definition) is 6. The van der Waals surface area contributed by atoms with Crippen LogP contribution in [0, 0.1) is 6.92 Å². The van der Waals surface area contributed by atoms with Crippen LogP contribution in [0.25, 0.3) is 10.7 Å². The summed E-state index contributed by atoms with van der Waals surface area (Å²) in [6, 6.07) is 5.74. The van der Waals surface area contributed by atoms with Gasteiger partial charge in [0.2, 0.25) is 5.91 Å². The number of nitrogens with two attached hydrogens (primary N) is 1. The molecule has 0 atom stereocenters. The molecule has 25 heavy (non-hydrogen) atoms. The molecule has 7 nitrogen and oxygen atoms in total. The summed E-state index contributed by atoms with van der Waals surface area (Å²) in [7, 11) is 0. The number of carbonyl (C=O) groups is 2. The first-order chi connectivity index (χ1) is 12.0. The molecule has 0 saturated carbocycles. The zero-order valence-corrected chi connectivity index (χ0v) is 14.9. The SMILES string of the molecule is Cc1nc(-c2ccccn2)sc1C(=O)NC1CCN(CC(N)=O)CC1. The third-order valence-corrected chi connectivity index (χ3v) is 5.37. The van der Waals surface area contributed by atoms with Gasteiger partial charge in [-0.1, -0.05) is 6.07 Å². The van der Waals surface area contributed by atoms with Gasteiger partial charge in [0.05, 0.1) is 17.9 Å². The van der Waals surface area contributed by atoms with Crippen molar-refractivity contribution in [2.75, 3.05) is 19.6 Å². The Morgan fingerprint density at radius 1 is 1.36 bits per heavy atom. The van der Waals surface area contributed by atoms with E-state index in [1.54, 1.807) is 6.20 Å². The molecule has 1 fully saturated rings. The van der Waals surface area contributed by atoms with Crippen molar-refractivity contribution < 1.29 is 9.59 Å². The van der Waals surface area contributed by atoms with Gasteiger partial charge in [0.1, 0.15) is 9.88 Å². The number of nitrogens with zero attached hydrogens (tertiary/aromatic N) is 3. The van der Waals surface area contributed by atoms with Crippen LogP contribution in [-0.2, 0) is 4.79 Å². The standard InChI is InChI=1S/C17H21N5O2S/c1-11-15(25-17(20-11)13-4-2-3-7-19-13)16(24)21-12-5-8-22(9-6-12)10-14(18)23/h2-4,7,12H,5-6,8-10H2,1H3,(H2,18,23)(H,21,24). The molecule has 1 aliphatic heterocycles.